The summed E-state index contributed by atoms with van der Waals surface area (Å²) >= 11 is 9.04. The van der Waals surface area contributed by atoms with Gasteiger partial charge in [-0.05, 0) is 43.7 Å². The molecule has 0 unspecified atom stereocenters. The average molecular weight is 355 g/mol. The topological polar surface area (TPSA) is 54.9 Å². The molecule has 1 N–H and O–H groups in total. The number of carbonyl (C=O) groups excluding carboxylic acids is 1. The van der Waals surface area contributed by atoms with E-state index >= 15 is 0 Å². The molecule has 0 spiro atoms. The van der Waals surface area contributed by atoms with E-state index in [0.717, 1.165) is 10.0 Å². The van der Waals surface area contributed by atoms with Crippen LogP contribution in [0.2, 0.25) is 5.15 Å². The molecule has 0 aliphatic heterocycles. The normalized spacial score (nSPS) is 11.2. The van der Waals surface area contributed by atoms with Crippen molar-refractivity contribution in [2.75, 3.05) is 0 Å². The standard InChI is InChI=1S/C14H13BrClN3O/c1-14(2,9-3-5-10(15)6-4-9)17-13(20)11-7-8-12(16)19-18-11/h3-8H,1-2H3,(H,17,20). The Bertz CT molecular complexity index is 611. The highest BCUT2D eigenvalue weighted by Gasteiger charge is 2.24. The van der Waals surface area contributed by atoms with Crippen LogP contribution in [0.3, 0.4) is 0 Å². The molecule has 0 fully saturated rings. The van der Waals surface area contributed by atoms with Crippen molar-refractivity contribution in [1.29, 1.82) is 0 Å². The third-order valence-electron chi connectivity index (χ3n) is 2.86. The smallest absolute Gasteiger partial charge is 0.272 e. The van der Waals surface area contributed by atoms with Gasteiger partial charge < -0.3 is 5.32 Å². The predicted molar refractivity (Wildman–Crippen MR) is 81.7 cm³/mol. The summed E-state index contributed by atoms with van der Waals surface area (Å²) in [5.74, 6) is -0.290. The van der Waals surface area contributed by atoms with Crippen molar-refractivity contribution >= 4 is 33.4 Å². The number of aromatic nitrogens is 2. The van der Waals surface area contributed by atoms with E-state index in [0.29, 0.717) is 0 Å². The SMILES string of the molecule is CC(C)(NC(=O)c1ccc(Cl)nn1)c1ccc(Br)cc1. The monoisotopic (exact) mass is 353 g/mol. The van der Waals surface area contributed by atoms with Crippen molar-refractivity contribution in [2.24, 2.45) is 0 Å². The van der Waals surface area contributed by atoms with E-state index in [1.807, 2.05) is 38.1 Å². The van der Waals surface area contributed by atoms with Crippen LogP contribution in [-0.4, -0.2) is 16.1 Å². The summed E-state index contributed by atoms with van der Waals surface area (Å²) in [5, 5.41) is 10.6. The molecule has 4 nitrogen and oxygen atoms in total. The lowest BCUT2D eigenvalue weighted by atomic mass is 9.94. The van der Waals surface area contributed by atoms with Gasteiger partial charge >= 0.3 is 0 Å². The van der Waals surface area contributed by atoms with Crippen LogP contribution in [0.15, 0.2) is 40.9 Å². The van der Waals surface area contributed by atoms with Crippen LogP contribution < -0.4 is 5.32 Å². The summed E-state index contributed by atoms with van der Waals surface area (Å²) in [6.45, 7) is 3.86. The lowest BCUT2D eigenvalue weighted by molar-refractivity contribution is 0.0906. The van der Waals surface area contributed by atoms with Gasteiger partial charge in [0.05, 0.1) is 5.54 Å². The first-order chi connectivity index (χ1) is 9.38. The van der Waals surface area contributed by atoms with E-state index in [-0.39, 0.29) is 16.8 Å². The number of nitrogens with one attached hydrogen (secondary N) is 1. The Kier molecular flexibility index (Phi) is 4.40. The molecule has 6 heteroatoms. The Hall–Kier alpha value is -1.46. The van der Waals surface area contributed by atoms with Gasteiger partial charge in [-0.2, -0.15) is 0 Å². The Balaban J connectivity index is 2.17. The van der Waals surface area contributed by atoms with Crippen molar-refractivity contribution in [2.45, 2.75) is 19.4 Å². The Morgan fingerprint density at radius 3 is 2.35 bits per heavy atom. The molecule has 0 aliphatic carbocycles. The van der Waals surface area contributed by atoms with Gasteiger partial charge in [-0.3, -0.25) is 4.79 Å². The second kappa shape index (κ2) is 5.89. The number of nitrogens with zero attached hydrogens (tertiary/aromatic N) is 2. The molecule has 0 saturated carbocycles. The highest BCUT2D eigenvalue weighted by atomic mass is 79.9. The maximum Gasteiger partial charge on any atom is 0.272 e. The fourth-order valence-electron chi connectivity index (χ4n) is 1.72. The van der Waals surface area contributed by atoms with Crippen LogP contribution >= 0.6 is 27.5 Å². The molecule has 0 saturated heterocycles. The van der Waals surface area contributed by atoms with E-state index in [9.17, 15) is 4.79 Å². The molecular weight excluding hydrogens is 342 g/mol. The molecule has 20 heavy (non-hydrogen) atoms. The average Bonchev–Trinajstić information content (AvgIpc) is 2.39. The summed E-state index contributed by atoms with van der Waals surface area (Å²) in [6.07, 6.45) is 0. The second-order valence-electron chi connectivity index (χ2n) is 4.83. The van der Waals surface area contributed by atoms with E-state index in [1.165, 1.54) is 6.07 Å². The third kappa shape index (κ3) is 3.55. The second-order valence-corrected chi connectivity index (χ2v) is 6.13. The van der Waals surface area contributed by atoms with Gasteiger partial charge in [0, 0.05) is 4.47 Å². The van der Waals surface area contributed by atoms with Gasteiger partial charge in [-0.1, -0.05) is 39.7 Å². The predicted octanol–water partition coefficient (Wildman–Crippen LogP) is 3.56. The zero-order valence-corrected chi connectivity index (χ0v) is 13.4. The van der Waals surface area contributed by atoms with Gasteiger partial charge in [0.2, 0.25) is 0 Å². The highest BCUT2D eigenvalue weighted by molar-refractivity contribution is 9.10. The van der Waals surface area contributed by atoms with Crippen LogP contribution in [0.4, 0.5) is 0 Å². The first-order valence-electron chi connectivity index (χ1n) is 5.96. The molecule has 1 heterocycles. The molecule has 2 rings (SSSR count). The number of carbonyl (C=O) groups is 1. The summed E-state index contributed by atoms with van der Waals surface area (Å²) in [4.78, 5) is 12.1. The summed E-state index contributed by atoms with van der Waals surface area (Å²) in [5.41, 5.74) is 0.717. The Labute approximate surface area is 130 Å². The van der Waals surface area contributed by atoms with Gasteiger partial charge in [0.25, 0.3) is 5.91 Å². The van der Waals surface area contributed by atoms with E-state index in [1.54, 1.807) is 6.07 Å². The highest BCUT2D eigenvalue weighted by Crippen LogP contribution is 2.22. The molecule has 0 aliphatic rings. The van der Waals surface area contributed by atoms with Crippen LogP contribution in [0.5, 0.6) is 0 Å². The minimum Gasteiger partial charge on any atom is -0.342 e. The quantitative estimate of drug-likeness (QED) is 0.917. The first-order valence-corrected chi connectivity index (χ1v) is 7.13. The fourth-order valence-corrected chi connectivity index (χ4v) is 2.09. The molecule has 2 aromatic rings. The maximum absolute atomic E-state index is 12.1. The van der Waals surface area contributed by atoms with Crippen LogP contribution in [-0.2, 0) is 5.54 Å². The zero-order valence-electron chi connectivity index (χ0n) is 11.0. The molecule has 0 bridgehead atoms. The number of hydrogen-bond donors (Lipinski definition) is 1. The molecule has 0 radical (unpaired) electrons. The van der Waals surface area contributed by atoms with E-state index in [4.69, 9.17) is 11.6 Å². The molecule has 104 valence electrons. The largest absolute Gasteiger partial charge is 0.342 e. The molecule has 1 amide bonds. The van der Waals surface area contributed by atoms with E-state index < -0.39 is 5.54 Å². The van der Waals surface area contributed by atoms with Gasteiger partial charge in [-0.25, -0.2) is 0 Å². The van der Waals surface area contributed by atoms with E-state index in [2.05, 4.69) is 31.4 Å². The minimum atomic E-state index is -0.515. The number of amides is 1. The zero-order chi connectivity index (χ0) is 14.8. The molecule has 0 atom stereocenters. The lowest BCUT2D eigenvalue weighted by Crippen LogP contribution is -2.41. The summed E-state index contributed by atoms with van der Waals surface area (Å²) < 4.78 is 0.993. The van der Waals surface area contributed by atoms with Gasteiger partial charge in [0.15, 0.2) is 10.8 Å². The number of hydrogen-bond acceptors (Lipinski definition) is 3. The summed E-state index contributed by atoms with van der Waals surface area (Å²) in [6, 6.07) is 10.9. The Morgan fingerprint density at radius 2 is 1.80 bits per heavy atom. The van der Waals surface area contributed by atoms with Crippen molar-refractivity contribution in [1.82, 2.24) is 15.5 Å². The van der Waals surface area contributed by atoms with Crippen molar-refractivity contribution < 1.29 is 4.79 Å². The number of halogens is 2. The molecule has 1 aromatic heterocycles. The van der Waals surface area contributed by atoms with Crippen LogP contribution in [0.1, 0.15) is 29.9 Å². The van der Waals surface area contributed by atoms with Crippen LogP contribution in [0, 0.1) is 0 Å². The van der Waals surface area contributed by atoms with Gasteiger partial charge in [0.1, 0.15) is 0 Å². The summed E-state index contributed by atoms with van der Waals surface area (Å²) in [7, 11) is 0. The lowest BCUT2D eigenvalue weighted by Gasteiger charge is -2.26. The van der Waals surface area contributed by atoms with Crippen molar-refractivity contribution in [3.8, 4) is 0 Å². The van der Waals surface area contributed by atoms with Crippen molar-refractivity contribution in [3.05, 3.63) is 57.3 Å². The first kappa shape index (κ1) is 14.9. The minimum absolute atomic E-state index is 0.236. The van der Waals surface area contributed by atoms with Crippen LogP contribution in [0.25, 0.3) is 0 Å². The maximum atomic E-state index is 12.1. The fraction of sp³-hybridized carbons (Fsp3) is 0.214. The number of benzene rings is 1. The molecular formula is C14H13BrClN3O. The Morgan fingerprint density at radius 1 is 1.15 bits per heavy atom. The third-order valence-corrected chi connectivity index (χ3v) is 3.59. The van der Waals surface area contributed by atoms with Gasteiger partial charge in [-0.15, -0.1) is 10.2 Å². The molecule has 1 aromatic carbocycles. The number of rotatable bonds is 3. The van der Waals surface area contributed by atoms with Crippen molar-refractivity contribution in [3.63, 3.8) is 0 Å².